The summed E-state index contributed by atoms with van der Waals surface area (Å²) >= 11 is 3.51. The van der Waals surface area contributed by atoms with Crippen LogP contribution in [0.3, 0.4) is 0 Å². The van der Waals surface area contributed by atoms with Gasteiger partial charge in [0.05, 0.1) is 6.42 Å². The summed E-state index contributed by atoms with van der Waals surface area (Å²) in [4.78, 5) is 10.8. The first-order valence-electron chi connectivity index (χ1n) is 5.46. The van der Waals surface area contributed by atoms with Gasteiger partial charge < -0.3 is 9.67 Å². The topological polar surface area (TPSA) is 42.2 Å². The minimum Gasteiger partial charge on any atom is -0.481 e. The Labute approximate surface area is 108 Å². The van der Waals surface area contributed by atoms with E-state index < -0.39 is 5.97 Å². The molecule has 1 heterocycles. The number of hydrogen-bond acceptors (Lipinski definition) is 1. The molecule has 0 spiro atoms. The average molecular weight is 296 g/mol. The van der Waals surface area contributed by atoms with Gasteiger partial charge in [0, 0.05) is 34.0 Å². The van der Waals surface area contributed by atoms with Gasteiger partial charge in [-0.15, -0.1) is 0 Å². The minimum absolute atomic E-state index is 0.0109. The standard InChI is InChI=1S/C13H14BrNO2/c1-8(6-13(16)17)12-7-9-10(14)4-3-5-11(9)15(12)2/h3-5,7-8H,6H2,1-2H3,(H,16,17). The lowest BCUT2D eigenvalue weighted by Crippen LogP contribution is -2.06. The van der Waals surface area contributed by atoms with Gasteiger partial charge in [0.2, 0.25) is 0 Å². The van der Waals surface area contributed by atoms with Gasteiger partial charge in [0.15, 0.2) is 0 Å². The van der Waals surface area contributed by atoms with E-state index in [4.69, 9.17) is 5.11 Å². The highest BCUT2D eigenvalue weighted by Crippen LogP contribution is 2.30. The zero-order valence-corrected chi connectivity index (χ0v) is 11.4. The molecule has 0 saturated heterocycles. The van der Waals surface area contributed by atoms with Crippen molar-refractivity contribution in [1.29, 1.82) is 0 Å². The predicted molar refractivity (Wildman–Crippen MR) is 71.3 cm³/mol. The Kier molecular flexibility index (Phi) is 3.24. The number of rotatable bonds is 3. The van der Waals surface area contributed by atoms with Crippen LogP contribution in [0.25, 0.3) is 10.9 Å². The fourth-order valence-electron chi connectivity index (χ4n) is 2.18. The molecule has 1 aromatic carbocycles. The highest BCUT2D eigenvalue weighted by atomic mass is 79.9. The van der Waals surface area contributed by atoms with Crippen molar-refractivity contribution in [1.82, 2.24) is 4.57 Å². The van der Waals surface area contributed by atoms with Crippen molar-refractivity contribution in [3.8, 4) is 0 Å². The van der Waals surface area contributed by atoms with Crippen molar-refractivity contribution in [2.75, 3.05) is 0 Å². The van der Waals surface area contributed by atoms with Gasteiger partial charge in [-0.1, -0.05) is 28.9 Å². The maximum atomic E-state index is 10.8. The zero-order chi connectivity index (χ0) is 12.6. The normalized spacial score (nSPS) is 12.9. The first-order chi connectivity index (χ1) is 8.00. The molecule has 2 rings (SSSR count). The Morgan fingerprint density at radius 3 is 2.82 bits per heavy atom. The van der Waals surface area contributed by atoms with Crippen LogP contribution in [-0.4, -0.2) is 15.6 Å². The number of nitrogens with zero attached hydrogens (tertiary/aromatic N) is 1. The van der Waals surface area contributed by atoms with Crippen LogP contribution in [0.2, 0.25) is 0 Å². The van der Waals surface area contributed by atoms with E-state index in [0.717, 1.165) is 21.1 Å². The summed E-state index contributed by atoms with van der Waals surface area (Å²) in [7, 11) is 1.97. The van der Waals surface area contributed by atoms with Crippen LogP contribution in [0.5, 0.6) is 0 Å². The van der Waals surface area contributed by atoms with Crippen molar-refractivity contribution < 1.29 is 9.90 Å². The van der Waals surface area contributed by atoms with Gasteiger partial charge in [-0.25, -0.2) is 0 Å². The van der Waals surface area contributed by atoms with E-state index in [-0.39, 0.29) is 12.3 Å². The number of aryl methyl sites for hydroxylation is 1. The van der Waals surface area contributed by atoms with Crippen LogP contribution in [0.15, 0.2) is 28.7 Å². The smallest absolute Gasteiger partial charge is 0.304 e. The summed E-state index contributed by atoms with van der Waals surface area (Å²) in [5.41, 5.74) is 2.17. The third kappa shape index (κ3) is 2.22. The van der Waals surface area contributed by atoms with Crippen LogP contribution < -0.4 is 0 Å². The zero-order valence-electron chi connectivity index (χ0n) is 9.77. The van der Waals surface area contributed by atoms with Crippen LogP contribution >= 0.6 is 15.9 Å². The fraction of sp³-hybridized carbons (Fsp3) is 0.308. The van der Waals surface area contributed by atoms with Gasteiger partial charge in [0.25, 0.3) is 0 Å². The second-order valence-corrected chi connectivity index (χ2v) is 5.15. The molecule has 0 fully saturated rings. The van der Waals surface area contributed by atoms with Crippen molar-refractivity contribution in [2.24, 2.45) is 7.05 Å². The van der Waals surface area contributed by atoms with Crippen molar-refractivity contribution in [3.05, 3.63) is 34.4 Å². The lowest BCUT2D eigenvalue weighted by Gasteiger charge is -2.10. The molecular formula is C13H14BrNO2. The summed E-state index contributed by atoms with van der Waals surface area (Å²) < 4.78 is 3.10. The SMILES string of the molecule is CC(CC(=O)O)c1cc2c(Br)cccc2n1C. The van der Waals surface area contributed by atoms with Crippen LogP contribution in [0, 0.1) is 0 Å². The monoisotopic (exact) mass is 295 g/mol. The van der Waals surface area contributed by atoms with E-state index in [0.29, 0.717) is 0 Å². The van der Waals surface area contributed by atoms with E-state index in [1.54, 1.807) is 0 Å². The quantitative estimate of drug-likeness (QED) is 0.941. The molecule has 1 N–H and O–H groups in total. The minimum atomic E-state index is -0.762. The Bertz CT molecular complexity index is 574. The second-order valence-electron chi connectivity index (χ2n) is 4.30. The molecule has 17 heavy (non-hydrogen) atoms. The molecule has 0 aliphatic heterocycles. The summed E-state index contributed by atoms with van der Waals surface area (Å²) in [5.74, 6) is -0.751. The fourth-order valence-corrected chi connectivity index (χ4v) is 2.65. The lowest BCUT2D eigenvalue weighted by molar-refractivity contribution is -0.137. The number of fused-ring (bicyclic) bond motifs is 1. The molecule has 0 amide bonds. The van der Waals surface area contributed by atoms with E-state index in [2.05, 4.69) is 26.6 Å². The van der Waals surface area contributed by atoms with E-state index in [9.17, 15) is 4.79 Å². The summed E-state index contributed by atoms with van der Waals surface area (Å²) in [6.45, 7) is 1.94. The molecule has 90 valence electrons. The molecule has 0 bridgehead atoms. The van der Waals surface area contributed by atoms with Gasteiger partial charge in [0.1, 0.15) is 0 Å². The van der Waals surface area contributed by atoms with Gasteiger partial charge in [-0.3, -0.25) is 4.79 Å². The van der Waals surface area contributed by atoms with Crippen molar-refractivity contribution in [3.63, 3.8) is 0 Å². The lowest BCUT2D eigenvalue weighted by atomic mass is 10.0. The summed E-state index contributed by atoms with van der Waals surface area (Å²) in [5, 5.41) is 9.97. The molecule has 1 atom stereocenters. The first kappa shape index (κ1) is 12.2. The highest BCUT2D eigenvalue weighted by Gasteiger charge is 2.16. The number of hydrogen-bond donors (Lipinski definition) is 1. The first-order valence-corrected chi connectivity index (χ1v) is 6.25. The van der Waals surface area contributed by atoms with Gasteiger partial charge in [-0.05, 0) is 18.2 Å². The number of carbonyl (C=O) groups is 1. The van der Waals surface area contributed by atoms with Crippen molar-refractivity contribution >= 4 is 32.8 Å². The van der Waals surface area contributed by atoms with Crippen LogP contribution in [0.1, 0.15) is 25.0 Å². The summed E-state index contributed by atoms with van der Waals surface area (Å²) in [6.07, 6.45) is 0.155. The van der Waals surface area contributed by atoms with Gasteiger partial charge >= 0.3 is 5.97 Å². The van der Waals surface area contributed by atoms with Crippen LogP contribution in [-0.2, 0) is 11.8 Å². The van der Waals surface area contributed by atoms with E-state index in [1.807, 2.05) is 32.2 Å². The Morgan fingerprint density at radius 1 is 1.53 bits per heavy atom. The van der Waals surface area contributed by atoms with Gasteiger partial charge in [-0.2, -0.15) is 0 Å². The third-order valence-electron chi connectivity index (χ3n) is 3.06. The largest absolute Gasteiger partial charge is 0.481 e. The highest BCUT2D eigenvalue weighted by molar-refractivity contribution is 9.10. The molecule has 0 radical (unpaired) electrons. The Balaban J connectivity index is 2.52. The maximum absolute atomic E-state index is 10.8. The van der Waals surface area contributed by atoms with Crippen molar-refractivity contribution in [2.45, 2.75) is 19.3 Å². The number of carboxylic acids is 1. The molecular weight excluding hydrogens is 282 g/mol. The molecule has 2 aromatic rings. The number of benzene rings is 1. The molecule has 0 aliphatic rings. The second kappa shape index (κ2) is 4.53. The molecule has 0 saturated carbocycles. The van der Waals surface area contributed by atoms with E-state index in [1.165, 1.54) is 0 Å². The number of halogens is 1. The van der Waals surface area contributed by atoms with Crippen LogP contribution in [0.4, 0.5) is 0 Å². The number of aliphatic carboxylic acids is 1. The Morgan fingerprint density at radius 2 is 2.24 bits per heavy atom. The maximum Gasteiger partial charge on any atom is 0.304 e. The molecule has 1 unspecified atom stereocenters. The Hall–Kier alpha value is -1.29. The third-order valence-corrected chi connectivity index (χ3v) is 3.75. The molecule has 1 aromatic heterocycles. The number of aromatic nitrogens is 1. The molecule has 4 heteroatoms. The van der Waals surface area contributed by atoms with E-state index >= 15 is 0 Å². The molecule has 0 aliphatic carbocycles. The summed E-state index contributed by atoms with van der Waals surface area (Å²) in [6, 6.07) is 8.08. The molecule has 3 nitrogen and oxygen atoms in total. The predicted octanol–water partition coefficient (Wildman–Crippen LogP) is 3.52. The number of carboxylic acid groups (broad SMARTS) is 1. The average Bonchev–Trinajstić information content (AvgIpc) is 2.57.